The number of anilines is 1. The van der Waals surface area contributed by atoms with Crippen molar-refractivity contribution in [2.75, 3.05) is 46.3 Å². The maximum Gasteiger partial charge on any atom is 0.265 e. The Bertz CT molecular complexity index is 1550. The van der Waals surface area contributed by atoms with Crippen LogP contribution in [0.5, 0.6) is 23.0 Å². The predicted octanol–water partition coefficient (Wildman–Crippen LogP) is 4.12. The third kappa shape index (κ3) is 7.63. The summed E-state index contributed by atoms with van der Waals surface area (Å²) in [6.45, 7) is 1.10. The summed E-state index contributed by atoms with van der Waals surface area (Å²) in [4.78, 5) is 28.3. The quantitative estimate of drug-likeness (QED) is 0.281. The van der Waals surface area contributed by atoms with E-state index in [0.717, 1.165) is 4.31 Å². The molecule has 0 bridgehead atoms. The summed E-state index contributed by atoms with van der Waals surface area (Å²) >= 11 is 6.30. The van der Waals surface area contributed by atoms with E-state index in [4.69, 9.17) is 30.5 Å². The Morgan fingerprint density at radius 2 is 1.56 bits per heavy atom. The highest BCUT2D eigenvalue weighted by atomic mass is 35.5. The fourth-order valence-electron chi connectivity index (χ4n) is 4.53. The summed E-state index contributed by atoms with van der Waals surface area (Å²) in [6, 6.07) is 14.7. The summed E-state index contributed by atoms with van der Waals surface area (Å²) in [5.41, 5.74) is 0.720. The topological polar surface area (TPSA) is 124 Å². The van der Waals surface area contributed by atoms with Gasteiger partial charge in [-0.2, -0.15) is 0 Å². The molecule has 0 aliphatic rings. The summed E-state index contributed by atoms with van der Waals surface area (Å²) in [7, 11) is 2.76. The molecule has 3 aromatic rings. The molecule has 0 saturated heterocycles. The molecular formula is C30H36ClN3O8S. The Hall–Kier alpha value is -4.16. The molecule has 0 fully saturated rings. The summed E-state index contributed by atoms with van der Waals surface area (Å²) in [5, 5.41) is 2.82. The van der Waals surface area contributed by atoms with Crippen molar-refractivity contribution >= 4 is 39.1 Å². The molecule has 1 N–H and O–H groups in total. The van der Waals surface area contributed by atoms with Crippen LogP contribution in [0.25, 0.3) is 0 Å². The predicted molar refractivity (Wildman–Crippen MR) is 164 cm³/mol. The standard InChI is InChI=1S/C30H36ClN3O8S/c1-7-24(30(36)32-2)33(18-20-9-8-10-22(15-20)39-3)29(35)19-34(25-16-21(31)11-13-26(25)40-4)43(37,38)23-12-14-27(41-5)28(17-23)42-6/h8-17,24H,7,18-19H2,1-6H3,(H,32,36). The number of benzene rings is 3. The summed E-state index contributed by atoms with van der Waals surface area (Å²) < 4.78 is 50.8. The number of ether oxygens (including phenoxy) is 4. The fourth-order valence-corrected chi connectivity index (χ4v) is 6.13. The molecule has 0 saturated carbocycles. The van der Waals surface area contributed by atoms with Gasteiger partial charge >= 0.3 is 0 Å². The van der Waals surface area contributed by atoms with Crippen molar-refractivity contribution in [3.63, 3.8) is 0 Å². The van der Waals surface area contributed by atoms with Gasteiger partial charge in [0, 0.05) is 24.7 Å². The van der Waals surface area contributed by atoms with Crippen molar-refractivity contribution < 1.29 is 37.0 Å². The highest BCUT2D eigenvalue weighted by molar-refractivity contribution is 7.92. The largest absolute Gasteiger partial charge is 0.497 e. The summed E-state index contributed by atoms with van der Waals surface area (Å²) in [5.74, 6) is 0.208. The lowest BCUT2D eigenvalue weighted by Crippen LogP contribution is -2.51. The second-order valence-corrected chi connectivity index (χ2v) is 11.6. The van der Waals surface area contributed by atoms with Gasteiger partial charge in [0.15, 0.2) is 11.5 Å². The van der Waals surface area contributed by atoms with E-state index in [9.17, 15) is 18.0 Å². The molecule has 0 aliphatic carbocycles. The van der Waals surface area contributed by atoms with Crippen molar-refractivity contribution in [3.05, 3.63) is 71.2 Å². The first-order valence-corrected chi connectivity index (χ1v) is 15.1. The molecule has 11 nitrogen and oxygen atoms in total. The van der Waals surface area contributed by atoms with Crippen LogP contribution in [0.3, 0.4) is 0 Å². The van der Waals surface area contributed by atoms with E-state index < -0.39 is 34.4 Å². The molecule has 0 radical (unpaired) electrons. The van der Waals surface area contributed by atoms with Gasteiger partial charge in [0.25, 0.3) is 10.0 Å². The lowest BCUT2D eigenvalue weighted by atomic mass is 10.1. The molecule has 43 heavy (non-hydrogen) atoms. The van der Waals surface area contributed by atoms with E-state index in [1.54, 1.807) is 37.3 Å². The lowest BCUT2D eigenvalue weighted by molar-refractivity contribution is -0.140. The van der Waals surface area contributed by atoms with Crippen LogP contribution in [0.1, 0.15) is 18.9 Å². The van der Waals surface area contributed by atoms with Gasteiger partial charge in [-0.1, -0.05) is 30.7 Å². The second-order valence-electron chi connectivity index (χ2n) is 9.26. The number of nitrogens with one attached hydrogen (secondary N) is 1. The van der Waals surface area contributed by atoms with Gasteiger partial charge in [-0.15, -0.1) is 0 Å². The van der Waals surface area contributed by atoms with E-state index in [1.165, 1.54) is 70.7 Å². The number of nitrogens with zero attached hydrogens (tertiary/aromatic N) is 2. The number of rotatable bonds is 14. The van der Waals surface area contributed by atoms with Gasteiger partial charge in [0.2, 0.25) is 11.8 Å². The molecular weight excluding hydrogens is 598 g/mol. The normalized spacial score (nSPS) is 11.7. The minimum absolute atomic E-state index is 0.0128. The molecule has 13 heteroatoms. The first-order chi connectivity index (χ1) is 20.5. The third-order valence-electron chi connectivity index (χ3n) is 6.75. The molecule has 0 aromatic heterocycles. The Kier molecular flexibility index (Phi) is 11.5. The molecule has 1 atom stereocenters. The zero-order valence-electron chi connectivity index (χ0n) is 24.9. The van der Waals surface area contributed by atoms with Gasteiger partial charge in [-0.25, -0.2) is 8.42 Å². The van der Waals surface area contributed by atoms with Crippen LogP contribution in [0.4, 0.5) is 5.69 Å². The average molecular weight is 634 g/mol. The number of likely N-dealkylation sites (N-methyl/N-ethyl adjacent to an activating group) is 1. The Labute approximate surface area is 257 Å². The van der Waals surface area contributed by atoms with Crippen LogP contribution < -0.4 is 28.6 Å². The Balaban J connectivity index is 2.18. The van der Waals surface area contributed by atoms with E-state index in [2.05, 4.69) is 5.32 Å². The van der Waals surface area contributed by atoms with Crippen molar-refractivity contribution in [3.8, 4) is 23.0 Å². The molecule has 3 aromatic carbocycles. The Morgan fingerprint density at radius 1 is 0.884 bits per heavy atom. The van der Waals surface area contributed by atoms with Crippen LogP contribution in [0, 0.1) is 0 Å². The van der Waals surface area contributed by atoms with E-state index in [-0.39, 0.29) is 40.1 Å². The number of methoxy groups -OCH3 is 4. The minimum Gasteiger partial charge on any atom is -0.497 e. The number of sulfonamides is 1. The van der Waals surface area contributed by atoms with Crippen molar-refractivity contribution in [2.45, 2.75) is 30.8 Å². The number of hydrogen-bond donors (Lipinski definition) is 1. The van der Waals surface area contributed by atoms with Crippen LogP contribution in [-0.4, -0.2) is 73.2 Å². The first-order valence-electron chi connectivity index (χ1n) is 13.3. The lowest BCUT2D eigenvalue weighted by Gasteiger charge is -2.33. The van der Waals surface area contributed by atoms with Gasteiger partial charge in [-0.3, -0.25) is 13.9 Å². The number of hydrogen-bond acceptors (Lipinski definition) is 8. The fraction of sp³-hybridized carbons (Fsp3) is 0.333. The molecule has 0 heterocycles. The second kappa shape index (κ2) is 14.8. The maximum atomic E-state index is 14.3. The average Bonchev–Trinajstić information content (AvgIpc) is 3.02. The van der Waals surface area contributed by atoms with Gasteiger partial charge in [0.1, 0.15) is 24.1 Å². The van der Waals surface area contributed by atoms with Crippen LogP contribution in [0.15, 0.2) is 65.6 Å². The maximum absolute atomic E-state index is 14.3. The number of amides is 2. The minimum atomic E-state index is -4.44. The van der Waals surface area contributed by atoms with Crippen molar-refractivity contribution in [1.29, 1.82) is 0 Å². The first kappa shape index (κ1) is 33.3. The number of carbonyl (C=O) groups is 2. The highest BCUT2D eigenvalue weighted by Crippen LogP contribution is 2.37. The van der Waals surface area contributed by atoms with E-state index in [0.29, 0.717) is 17.1 Å². The molecule has 0 aliphatic heterocycles. The molecule has 3 rings (SSSR count). The van der Waals surface area contributed by atoms with Crippen LogP contribution in [0.2, 0.25) is 5.02 Å². The number of carbonyl (C=O) groups excluding carboxylic acids is 2. The van der Waals surface area contributed by atoms with Gasteiger partial charge in [-0.05, 0) is 54.4 Å². The molecule has 0 spiro atoms. The van der Waals surface area contributed by atoms with Gasteiger partial charge in [0.05, 0.1) is 39.0 Å². The number of halogens is 1. The zero-order valence-corrected chi connectivity index (χ0v) is 26.5. The van der Waals surface area contributed by atoms with E-state index >= 15 is 0 Å². The van der Waals surface area contributed by atoms with Crippen LogP contribution >= 0.6 is 11.6 Å². The van der Waals surface area contributed by atoms with Crippen LogP contribution in [-0.2, 0) is 26.2 Å². The van der Waals surface area contributed by atoms with E-state index in [1.807, 2.05) is 0 Å². The molecule has 2 amide bonds. The van der Waals surface area contributed by atoms with Crippen molar-refractivity contribution in [1.82, 2.24) is 10.2 Å². The van der Waals surface area contributed by atoms with Gasteiger partial charge < -0.3 is 29.2 Å². The SMILES string of the molecule is CCC(C(=O)NC)N(Cc1cccc(OC)c1)C(=O)CN(c1cc(Cl)ccc1OC)S(=O)(=O)c1ccc(OC)c(OC)c1. The van der Waals surface area contributed by atoms with Crippen molar-refractivity contribution in [2.24, 2.45) is 0 Å². The summed E-state index contributed by atoms with van der Waals surface area (Å²) in [6.07, 6.45) is 0.276. The molecule has 1 unspecified atom stereocenters. The smallest absolute Gasteiger partial charge is 0.265 e. The monoisotopic (exact) mass is 633 g/mol. The Morgan fingerprint density at radius 3 is 2.16 bits per heavy atom. The zero-order chi connectivity index (χ0) is 31.7. The molecule has 232 valence electrons. The highest BCUT2D eigenvalue weighted by Gasteiger charge is 2.35. The third-order valence-corrected chi connectivity index (χ3v) is 8.74.